The van der Waals surface area contributed by atoms with Crippen molar-refractivity contribution in [1.29, 1.82) is 0 Å². The Balaban J connectivity index is 1.50. The van der Waals surface area contributed by atoms with E-state index in [0.717, 1.165) is 24.2 Å². The van der Waals surface area contributed by atoms with Crippen LogP contribution in [0.4, 0.5) is 0 Å². The fraction of sp³-hybridized carbons (Fsp3) is 0.933. The fourth-order valence-corrected chi connectivity index (χ4v) is 5.33. The summed E-state index contributed by atoms with van der Waals surface area (Å²) in [4.78, 5) is 10.1. The minimum Gasteiger partial charge on any atom is -0.468 e. The van der Waals surface area contributed by atoms with Crippen molar-refractivity contribution in [2.75, 3.05) is 6.61 Å². The summed E-state index contributed by atoms with van der Waals surface area (Å²) >= 11 is 0. The summed E-state index contributed by atoms with van der Waals surface area (Å²) in [5.74, 6) is 3.19. The first kappa shape index (κ1) is 11.6. The molecule has 2 nitrogen and oxygen atoms in total. The molecule has 0 radical (unpaired) electrons. The molecule has 4 bridgehead atoms. The lowest BCUT2D eigenvalue weighted by Crippen LogP contribution is -2.45. The molecule has 96 valence electrons. The number of hydrogen-bond acceptors (Lipinski definition) is 2. The average molecular weight is 236 g/mol. The van der Waals surface area contributed by atoms with Crippen molar-refractivity contribution in [1.82, 2.24) is 0 Å². The molecular formula is C15H24O2. The zero-order chi connectivity index (χ0) is 11.7. The van der Waals surface area contributed by atoms with Gasteiger partial charge in [0.25, 0.3) is 6.47 Å². The molecule has 0 heterocycles. The van der Waals surface area contributed by atoms with Crippen LogP contribution in [-0.2, 0) is 9.53 Å². The van der Waals surface area contributed by atoms with Gasteiger partial charge in [0, 0.05) is 0 Å². The Hall–Kier alpha value is -0.530. The molecule has 2 heteroatoms. The molecule has 0 amide bonds. The molecule has 0 aliphatic heterocycles. The molecule has 17 heavy (non-hydrogen) atoms. The molecule has 4 aliphatic carbocycles. The largest absolute Gasteiger partial charge is 0.468 e. The first-order valence-corrected chi connectivity index (χ1v) is 7.35. The van der Waals surface area contributed by atoms with E-state index < -0.39 is 0 Å². The van der Waals surface area contributed by atoms with Gasteiger partial charge in [0.05, 0.1) is 6.61 Å². The minimum absolute atomic E-state index is 0.574. The predicted molar refractivity (Wildman–Crippen MR) is 66.5 cm³/mol. The fourth-order valence-electron chi connectivity index (χ4n) is 5.33. The predicted octanol–water partition coefficient (Wildman–Crippen LogP) is 3.55. The van der Waals surface area contributed by atoms with Gasteiger partial charge in [-0.3, -0.25) is 4.79 Å². The van der Waals surface area contributed by atoms with Crippen LogP contribution in [0.3, 0.4) is 0 Å². The van der Waals surface area contributed by atoms with Gasteiger partial charge in [-0.2, -0.15) is 0 Å². The molecule has 0 unspecified atom stereocenters. The third kappa shape index (κ3) is 2.36. The molecule has 0 aromatic carbocycles. The van der Waals surface area contributed by atoms with Gasteiger partial charge < -0.3 is 4.74 Å². The van der Waals surface area contributed by atoms with Gasteiger partial charge in [0.15, 0.2) is 0 Å². The van der Waals surface area contributed by atoms with E-state index in [1.807, 2.05) is 0 Å². The molecule has 0 atom stereocenters. The van der Waals surface area contributed by atoms with Crippen molar-refractivity contribution in [3.05, 3.63) is 0 Å². The third-order valence-corrected chi connectivity index (χ3v) is 5.45. The Morgan fingerprint density at radius 1 is 1.00 bits per heavy atom. The number of hydrogen-bond donors (Lipinski definition) is 0. The number of rotatable bonds is 6. The van der Waals surface area contributed by atoms with Crippen LogP contribution in [0.25, 0.3) is 0 Å². The van der Waals surface area contributed by atoms with E-state index in [0.29, 0.717) is 18.5 Å². The SMILES string of the molecule is O=COCCCCC12CC3CC(CC(C3)C1)C2. The van der Waals surface area contributed by atoms with E-state index in [2.05, 4.69) is 0 Å². The van der Waals surface area contributed by atoms with Crippen molar-refractivity contribution in [2.45, 2.75) is 57.8 Å². The lowest BCUT2D eigenvalue weighted by atomic mass is 9.48. The van der Waals surface area contributed by atoms with Gasteiger partial charge in [0.1, 0.15) is 0 Å². The highest BCUT2D eigenvalue weighted by molar-refractivity contribution is 5.36. The van der Waals surface area contributed by atoms with E-state index in [1.165, 1.54) is 51.4 Å². The Kier molecular flexibility index (Phi) is 3.14. The summed E-state index contributed by atoms with van der Waals surface area (Å²) in [7, 11) is 0. The van der Waals surface area contributed by atoms with Gasteiger partial charge in [-0.25, -0.2) is 0 Å². The zero-order valence-electron chi connectivity index (χ0n) is 10.7. The normalized spacial score (nSPS) is 42.7. The Bertz CT molecular complexity index is 249. The van der Waals surface area contributed by atoms with Crippen molar-refractivity contribution in [3.8, 4) is 0 Å². The highest BCUT2D eigenvalue weighted by atomic mass is 16.5. The Morgan fingerprint density at radius 3 is 2.12 bits per heavy atom. The molecule has 0 spiro atoms. The van der Waals surface area contributed by atoms with Crippen LogP contribution in [0.2, 0.25) is 0 Å². The summed E-state index contributed by atoms with van der Waals surface area (Å²) in [5.41, 5.74) is 0.704. The molecule has 4 saturated carbocycles. The molecule has 4 aliphatic rings. The van der Waals surface area contributed by atoms with E-state index in [4.69, 9.17) is 4.74 Å². The second-order valence-corrected chi connectivity index (χ2v) is 6.84. The summed E-state index contributed by atoms with van der Waals surface area (Å²) < 4.78 is 4.77. The molecule has 0 aromatic heterocycles. The van der Waals surface area contributed by atoms with Crippen LogP contribution in [0.15, 0.2) is 0 Å². The number of unbranched alkanes of at least 4 members (excludes halogenated alkanes) is 1. The first-order chi connectivity index (χ1) is 8.30. The summed E-state index contributed by atoms with van der Waals surface area (Å²) in [5, 5.41) is 0. The van der Waals surface area contributed by atoms with E-state index in [1.54, 1.807) is 0 Å². The van der Waals surface area contributed by atoms with Gasteiger partial charge in [0.2, 0.25) is 0 Å². The lowest BCUT2D eigenvalue weighted by molar-refractivity contribution is -0.128. The highest BCUT2D eigenvalue weighted by Crippen LogP contribution is 2.61. The topological polar surface area (TPSA) is 26.3 Å². The maximum absolute atomic E-state index is 10.1. The van der Waals surface area contributed by atoms with Gasteiger partial charge >= 0.3 is 0 Å². The highest BCUT2D eigenvalue weighted by Gasteiger charge is 2.50. The summed E-state index contributed by atoms with van der Waals surface area (Å²) in [6.07, 6.45) is 12.8. The van der Waals surface area contributed by atoms with Crippen LogP contribution in [0.1, 0.15) is 57.8 Å². The summed E-state index contributed by atoms with van der Waals surface area (Å²) in [6.45, 7) is 1.20. The van der Waals surface area contributed by atoms with Crippen molar-refractivity contribution in [3.63, 3.8) is 0 Å². The maximum Gasteiger partial charge on any atom is 0.293 e. The Labute approximate surface area is 104 Å². The Morgan fingerprint density at radius 2 is 1.59 bits per heavy atom. The van der Waals surface area contributed by atoms with Crippen LogP contribution in [0.5, 0.6) is 0 Å². The monoisotopic (exact) mass is 236 g/mol. The smallest absolute Gasteiger partial charge is 0.293 e. The first-order valence-electron chi connectivity index (χ1n) is 7.35. The van der Waals surface area contributed by atoms with E-state index in [9.17, 15) is 4.79 Å². The van der Waals surface area contributed by atoms with Gasteiger partial charge in [-0.15, -0.1) is 0 Å². The second kappa shape index (κ2) is 4.62. The van der Waals surface area contributed by atoms with Crippen LogP contribution >= 0.6 is 0 Å². The van der Waals surface area contributed by atoms with Crippen molar-refractivity contribution in [2.24, 2.45) is 23.2 Å². The molecule has 4 rings (SSSR count). The third-order valence-electron chi connectivity index (χ3n) is 5.45. The van der Waals surface area contributed by atoms with Crippen LogP contribution in [0, 0.1) is 23.2 Å². The standard InChI is InChI=1S/C15H24O2/c16-11-17-4-2-1-3-15-8-12-5-13(9-15)7-14(6-12)10-15/h11-14H,1-10H2. The lowest BCUT2D eigenvalue weighted by Gasteiger charge is -2.57. The van der Waals surface area contributed by atoms with Crippen molar-refractivity contribution >= 4 is 6.47 Å². The number of carbonyl (C=O) groups excluding carboxylic acids is 1. The quantitative estimate of drug-likeness (QED) is 0.521. The van der Waals surface area contributed by atoms with Crippen LogP contribution < -0.4 is 0 Å². The van der Waals surface area contributed by atoms with Gasteiger partial charge in [-0.05, 0) is 81.0 Å². The second-order valence-electron chi connectivity index (χ2n) is 6.84. The molecule has 0 N–H and O–H groups in total. The van der Waals surface area contributed by atoms with Gasteiger partial charge in [-0.1, -0.05) is 0 Å². The molecule has 0 saturated heterocycles. The molecule has 4 fully saturated rings. The number of ether oxygens (including phenoxy) is 1. The van der Waals surface area contributed by atoms with E-state index >= 15 is 0 Å². The van der Waals surface area contributed by atoms with Crippen LogP contribution in [-0.4, -0.2) is 13.1 Å². The van der Waals surface area contributed by atoms with Crippen molar-refractivity contribution < 1.29 is 9.53 Å². The zero-order valence-corrected chi connectivity index (χ0v) is 10.7. The summed E-state index contributed by atoms with van der Waals surface area (Å²) in [6, 6.07) is 0. The molecule has 0 aromatic rings. The minimum atomic E-state index is 0.574. The number of carbonyl (C=O) groups is 1. The average Bonchev–Trinajstić information content (AvgIpc) is 2.26. The van der Waals surface area contributed by atoms with E-state index in [-0.39, 0.29) is 0 Å². The maximum atomic E-state index is 10.1. The molecular weight excluding hydrogens is 212 g/mol.